The largest absolute Gasteiger partial charge is 0.462 e. The van der Waals surface area contributed by atoms with Crippen molar-refractivity contribution < 1.29 is 52.7 Å². The maximum absolute atomic E-state index is 14.5. The van der Waals surface area contributed by atoms with Crippen LogP contribution in [0.1, 0.15) is 66.7 Å². The van der Waals surface area contributed by atoms with Crippen molar-refractivity contribution in [2.24, 2.45) is 23.7 Å². The van der Waals surface area contributed by atoms with Crippen molar-refractivity contribution in [3.63, 3.8) is 0 Å². The van der Waals surface area contributed by atoms with E-state index in [1.807, 2.05) is 20.8 Å². The molecule has 222 valence electrons. The summed E-state index contributed by atoms with van der Waals surface area (Å²) < 4.78 is 37.3. The fraction of sp³-hybridized carbons (Fsp3) is 0.800. The Bertz CT molecular complexity index is 1340. The molecule has 3 saturated carbocycles. The lowest BCUT2D eigenvalue weighted by atomic mass is 9.56. The van der Waals surface area contributed by atoms with Gasteiger partial charge in [0.1, 0.15) is 35.6 Å². The van der Waals surface area contributed by atoms with Crippen molar-refractivity contribution in [3.05, 3.63) is 11.6 Å². The number of carbonyl (C=O) groups is 4. The van der Waals surface area contributed by atoms with Gasteiger partial charge in [-0.2, -0.15) is 0 Å². The summed E-state index contributed by atoms with van der Waals surface area (Å²) in [6.07, 6.45) is -0.725. The second-order valence-electron chi connectivity index (χ2n) is 14.3. The molecule has 4 saturated heterocycles. The monoisotopic (exact) mass is 572 g/mol. The molecular formula is C30H36O11. The standard InChI is InChI=1S/C30H36O11/c1-12-6-16(37-25(12)34)23-13(2)15-7-21-30(39-21)24-17(36-14(3)31)8-18-26(4,5)38-20-9-22(33)40-28(18,20)11-27(24,35)10-19(32)29(15,30)41-23/h6,13,15-18,20-21,23-24,35H,7-11H2,1-5H3/t13-,15+,16-,17+,18-,20+,21-,23-,24+,27-,28+,29+,30+/m0/s1. The zero-order chi connectivity index (χ0) is 29.1. The molecule has 11 nitrogen and oxygen atoms in total. The highest BCUT2D eigenvalue weighted by molar-refractivity contribution is 5.94. The van der Waals surface area contributed by atoms with Gasteiger partial charge in [0.25, 0.3) is 0 Å². The molecule has 0 radical (unpaired) electrons. The van der Waals surface area contributed by atoms with Crippen molar-refractivity contribution in [1.29, 1.82) is 0 Å². The predicted octanol–water partition coefficient (Wildman–Crippen LogP) is 1.31. The molecule has 5 aliphatic heterocycles. The Morgan fingerprint density at radius 3 is 2.54 bits per heavy atom. The molecule has 0 aromatic rings. The normalized spacial score (nSPS) is 55.4. The number of ketones is 1. The zero-order valence-corrected chi connectivity index (χ0v) is 23.8. The molecule has 3 spiro atoms. The SMILES string of the molecule is CC(=O)O[C@@H]1C[C@H]2C(C)(C)O[C@@H]3CC(=O)O[C@@]32C[C@@]2(O)CC(=O)[C@]34O[C@H]([C@@H]5C=C(C)C(=O)O5)[C@@H](C)[C@H]3C[C@@H]3O[C@@]34[C@H]12. The Morgan fingerprint density at radius 2 is 1.85 bits per heavy atom. The van der Waals surface area contributed by atoms with Crippen LogP contribution in [-0.2, 0) is 47.6 Å². The van der Waals surface area contributed by atoms with E-state index in [0.717, 1.165) is 0 Å². The fourth-order valence-electron chi connectivity index (χ4n) is 10.6. The van der Waals surface area contributed by atoms with Crippen molar-refractivity contribution in [2.75, 3.05) is 0 Å². The van der Waals surface area contributed by atoms with Gasteiger partial charge in [0.15, 0.2) is 11.4 Å². The smallest absolute Gasteiger partial charge is 0.334 e. The highest BCUT2D eigenvalue weighted by Gasteiger charge is 2.92. The predicted molar refractivity (Wildman–Crippen MR) is 135 cm³/mol. The molecule has 8 aliphatic rings. The van der Waals surface area contributed by atoms with Crippen LogP contribution in [0.15, 0.2) is 11.6 Å². The van der Waals surface area contributed by atoms with Crippen LogP contribution in [0.5, 0.6) is 0 Å². The highest BCUT2D eigenvalue weighted by Crippen LogP contribution is 2.75. The number of aliphatic hydroxyl groups is 1. The molecule has 3 aliphatic carbocycles. The van der Waals surface area contributed by atoms with E-state index in [4.69, 9.17) is 28.4 Å². The van der Waals surface area contributed by atoms with Gasteiger partial charge in [0.2, 0.25) is 0 Å². The minimum absolute atomic E-state index is 0.0294. The van der Waals surface area contributed by atoms with E-state index < -0.39 is 82.2 Å². The summed E-state index contributed by atoms with van der Waals surface area (Å²) in [6, 6.07) is 0. The lowest BCUT2D eigenvalue weighted by Crippen LogP contribution is -2.71. The van der Waals surface area contributed by atoms with Crippen molar-refractivity contribution in [3.8, 4) is 0 Å². The summed E-state index contributed by atoms with van der Waals surface area (Å²) in [7, 11) is 0. The Morgan fingerprint density at radius 1 is 1.10 bits per heavy atom. The van der Waals surface area contributed by atoms with Gasteiger partial charge >= 0.3 is 17.9 Å². The van der Waals surface area contributed by atoms with Crippen LogP contribution in [0.25, 0.3) is 0 Å². The van der Waals surface area contributed by atoms with Crippen molar-refractivity contribution >= 4 is 23.7 Å². The second kappa shape index (κ2) is 7.59. The van der Waals surface area contributed by atoms with E-state index in [0.29, 0.717) is 12.0 Å². The van der Waals surface area contributed by atoms with E-state index >= 15 is 0 Å². The first kappa shape index (κ1) is 26.3. The van der Waals surface area contributed by atoms with Gasteiger partial charge in [-0.1, -0.05) is 6.92 Å². The van der Waals surface area contributed by atoms with Gasteiger partial charge in [0.05, 0.1) is 29.6 Å². The highest BCUT2D eigenvalue weighted by atomic mass is 16.7. The number of hydrogen-bond acceptors (Lipinski definition) is 11. The van der Waals surface area contributed by atoms with Gasteiger partial charge in [-0.3, -0.25) is 14.4 Å². The van der Waals surface area contributed by atoms with Crippen LogP contribution >= 0.6 is 0 Å². The van der Waals surface area contributed by atoms with Gasteiger partial charge in [-0.05, 0) is 45.6 Å². The van der Waals surface area contributed by atoms with Gasteiger partial charge < -0.3 is 33.5 Å². The molecular weight excluding hydrogens is 536 g/mol. The van der Waals surface area contributed by atoms with Gasteiger partial charge in [-0.15, -0.1) is 0 Å². The van der Waals surface area contributed by atoms with Crippen molar-refractivity contribution in [2.45, 2.75) is 125 Å². The molecule has 0 unspecified atom stereocenters. The van der Waals surface area contributed by atoms with Crippen LogP contribution in [0.3, 0.4) is 0 Å². The average molecular weight is 573 g/mol. The Hall–Kier alpha value is -2.34. The lowest BCUT2D eigenvalue weighted by molar-refractivity contribution is -0.224. The second-order valence-corrected chi connectivity index (χ2v) is 14.3. The Balaban J connectivity index is 1.26. The molecule has 8 rings (SSSR count). The van der Waals surface area contributed by atoms with Crippen LogP contribution in [0.4, 0.5) is 0 Å². The van der Waals surface area contributed by atoms with Crippen LogP contribution in [0.2, 0.25) is 0 Å². The Kier molecular flexibility index (Phi) is 4.87. The van der Waals surface area contributed by atoms with Crippen LogP contribution in [-0.4, -0.2) is 87.3 Å². The summed E-state index contributed by atoms with van der Waals surface area (Å²) in [5, 5.41) is 12.7. The first-order valence-corrected chi connectivity index (χ1v) is 14.8. The molecule has 0 amide bonds. The minimum Gasteiger partial charge on any atom is -0.462 e. The number of rotatable bonds is 2. The third-order valence-corrected chi connectivity index (χ3v) is 11.8. The zero-order valence-electron chi connectivity index (χ0n) is 23.8. The Labute approximate surface area is 237 Å². The quantitative estimate of drug-likeness (QED) is 0.290. The molecule has 13 atom stereocenters. The van der Waals surface area contributed by atoms with E-state index in [9.17, 15) is 24.3 Å². The minimum atomic E-state index is -1.71. The maximum atomic E-state index is 14.5. The van der Waals surface area contributed by atoms with Crippen molar-refractivity contribution in [1.82, 2.24) is 0 Å². The first-order valence-electron chi connectivity index (χ1n) is 14.8. The molecule has 1 N–H and O–H groups in total. The first-order chi connectivity index (χ1) is 19.2. The number of Topliss-reactive ketones (excluding diaryl/α,β-unsaturated/α-hetero) is 1. The van der Waals surface area contributed by atoms with E-state index in [-0.39, 0.29) is 49.4 Å². The number of carbonyl (C=O) groups excluding carboxylic acids is 4. The van der Waals surface area contributed by atoms with E-state index in [2.05, 4.69) is 0 Å². The number of epoxide rings is 1. The van der Waals surface area contributed by atoms with Gasteiger partial charge in [0, 0.05) is 37.2 Å². The summed E-state index contributed by atoms with van der Waals surface area (Å²) in [4.78, 5) is 51.9. The number of hydrogen-bond donors (Lipinski definition) is 1. The number of esters is 3. The molecule has 41 heavy (non-hydrogen) atoms. The van der Waals surface area contributed by atoms with E-state index in [1.165, 1.54) is 6.92 Å². The third-order valence-electron chi connectivity index (χ3n) is 11.8. The molecule has 5 heterocycles. The summed E-state index contributed by atoms with van der Waals surface area (Å²) >= 11 is 0. The molecule has 0 bridgehead atoms. The average Bonchev–Trinajstić information content (AvgIpc) is 3.02. The topological polar surface area (TPSA) is 147 Å². The fourth-order valence-corrected chi connectivity index (χ4v) is 10.6. The van der Waals surface area contributed by atoms with Crippen LogP contribution < -0.4 is 0 Å². The molecule has 0 aromatic carbocycles. The van der Waals surface area contributed by atoms with Crippen LogP contribution in [0, 0.1) is 23.7 Å². The van der Waals surface area contributed by atoms with E-state index in [1.54, 1.807) is 13.0 Å². The molecule has 7 fully saturated rings. The summed E-state index contributed by atoms with van der Waals surface area (Å²) in [6.45, 7) is 8.87. The van der Waals surface area contributed by atoms with Gasteiger partial charge in [-0.25, -0.2) is 4.79 Å². The number of ether oxygens (including phenoxy) is 6. The number of cyclic esters (lactones) is 1. The molecule has 11 heteroatoms. The third kappa shape index (κ3) is 2.94. The summed E-state index contributed by atoms with van der Waals surface area (Å²) in [5.74, 6) is -3.19. The molecule has 0 aromatic heterocycles. The lowest BCUT2D eigenvalue weighted by Gasteiger charge is -2.53. The number of fused-ring (bicyclic) bond motifs is 1. The summed E-state index contributed by atoms with van der Waals surface area (Å²) in [5.41, 5.74) is -5.74. The maximum Gasteiger partial charge on any atom is 0.334 e.